The first-order valence-corrected chi connectivity index (χ1v) is 4.17. The molecule has 0 aromatic rings. The third kappa shape index (κ3) is 5.77. The zero-order valence-corrected chi connectivity index (χ0v) is 7.63. The molecule has 0 rings (SSSR count). The van der Waals surface area contributed by atoms with Crippen LogP contribution in [0.5, 0.6) is 0 Å². The van der Waals surface area contributed by atoms with E-state index in [4.69, 9.17) is 0 Å². The summed E-state index contributed by atoms with van der Waals surface area (Å²) in [4.78, 5) is 9.79. The van der Waals surface area contributed by atoms with E-state index in [0.29, 0.717) is 12.5 Å². The van der Waals surface area contributed by atoms with Gasteiger partial charge in [-0.25, -0.2) is 0 Å². The zero-order valence-electron chi connectivity index (χ0n) is 7.63. The van der Waals surface area contributed by atoms with Crippen LogP contribution < -0.4 is 0 Å². The van der Waals surface area contributed by atoms with Crippen molar-refractivity contribution in [3.63, 3.8) is 0 Å². The van der Waals surface area contributed by atoms with Crippen LogP contribution in [0.2, 0.25) is 0 Å². The quantitative estimate of drug-likeness (QED) is 0.443. The Morgan fingerprint density at radius 2 is 2.27 bits per heavy atom. The van der Waals surface area contributed by atoms with Crippen molar-refractivity contribution in [2.45, 2.75) is 33.6 Å². The summed E-state index contributed by atoms with van der Waals surface area (Å²) in [5.41, 5.74) is 1.39. The number of hydrogen-bond acceptors (Lipinski definition) is 2. The lowest BCUT2D eigenvalue weighted by Crippen LogP contribution is -1.93. The Labute approximate surface area is 68.7 Å². The third-order valence-electron chi connectivity index (χ3n) is 1.80. The van der Waals surface area contributed by atoms with Gasteiger partial charge in [-0.1, -0.05) is 30.7 Å². The minimum Gasteiger partial charge on any atom is -0.151 e. The molecule has 2 heteroatoms. The summed E-state index contributed by atoms with van der Waals surface area (Å²) in [6.45, 7) is 6.81. The molecular weight excluding hydrogens is 138 g/mol. The van der Waals surface area contributed by atoms with Gasteiger partial charge in [0.05, 0.1) is 6.54 Å². The van der Waals surface area contributed by atoms with Crippen molar-refractivity contribution in [1.29, 1.82) is 0 Å². The normalized spacial score (nSPS) is 14.6. The first kappa shape index (κ1) is 10.3. The Morgan fingerprint density at radius 3 is 2.73 bits per heavy atom. The van der Waals surface area contributed by atoms with Crippen molar-refractivity contribution in [2.24, 2.45) is 11.1 Å². The molecule has 1 atom stereocenters. The molecule has 0 aromatic carbocycles. The highest BCUT2D eigenvalue weighted by Gasteiger charge is 1.97. The van der Waals surface area contributed by atoms with E-state index in [9.17, 15) is 4.91 Å². The fourth-order valence-corrected chi connectivity index (χ4v) is 0.943. The van der Waals surface area contributed by atoms with E-state index < -0.39 is 0 Å². The lowest BCUT2D eigenvalue weighted by molar-refractivity contribution is 0.651. The van der Waals surface area contributed by atoms with Crippen LogP contribution in [0.25, 0.3) is 0 Å². The van der Waals surface area contributed by atoms with E-state index in [1.165, 1.54) is 5.57 Å². The molecule has 0 fully saturated rings. The standard InChI is InChI=1S/C9H17NO/c1-4-8(2)7-9(3)5-6-10-11/h7,9H,4-6H2,1-3H3/b8-7+. The number of rotatable bonds is 5. The smallest absolute Gasteiger partial charge is 0.0816 e. The summed E-state index contributed by atoms with van der Waals surface area (Å²) in [5.74, 6) is 0.493. The second-order valence-corrected chi connectivity index (χ2v) is 2.99. The zero-order chi connectivity index (χ0) is 8.69. The van der Waals surface area contributed by atoms with Gasteiger partial charge in [0, 0.05) is 0 Å². The second kappa shape index (κ2) is 6.08. The molecule has 0 aromatic heterocycles. The Bertz CT molecular complexity index is 140. The summed E-state index contributed by atoms with van der Waals surface area (Å²) in [7, 11) is 0. The molecule has 0 spiro atoms. The first-order chi connectivity index (χ1) is 5.20. The molecule has 11 heavy (non-hydrogen) atoms. The Balaban J connectivity index is 3.65. The summed E-state index contributed by atoms with van der Waals surface area (Å²) in [6.07, 6.45) is 4.19. The topological polar surface area (TPSA) is 29.4 Å². The molecule has 0 radical (unpaired) electrons. The molecule has 0 aliphatic rings. The van der Waals surface area contributed by atoms with Crippen molar-refractivity contribution in [1.82, 2.24) is 0 Å². The molecule has 2 nitrogen and oxygen atoms in total. The monoisotopic (exact) mass is 155 g/mol. The van der Waals surface area contributed by atoms with Gasteiger partial charge in [-0.2, -0.15) is 4.91 Å². The fraction of sp³-hybridized carbons (Fsp3) is 0.778. The highest BCUT2D eigenvalue weighted by molar-refractivity contribution is 4.99. The molecule has 0 aliphatic heterocycles. The van der Waals surface area contributed by atoms with E-state index in [0.717, 1.165) is 12.8 Å². The minimum atomic E-state index is 0.439. The van der Waals surface area contributed by atoms with Crippen molar-refractivity contribution in [2.75, 3.05) is 6.54 Å². The van der Waals surface area contributed by atoms with E-state index in [-0.39, 0.29) is 0 Å². The van der Waals surface area contributed by atoms with Gasteiger partial charge in [-0.05, 0) is 25.7 Å². The average Bonchev–Trinajstić information content (AvgIpc) is 2.00. The Hall–Kier alpha value is -0.660. The minimum absolute atomic E-state index is 0.439. The average molecular weight is 155 g/mol. The van der Waals surface area contributed by atoms with Crippen molar-refractivity contribution in [3.8, 4) is 0 Å². The summed E-state index contributed by atoms with van der Waals surface area (Å²) in [6, 6.07) is 0. The lowest BCUT2D eigenvalue weighted by atomic mass is 10.0. The maximum Gasteiger partial charge on any atom is 0.0816 e. The molecule has 1 unspecified atom stereocenters. The second-order valence-electron chi connectivity index (χ2n) is 2.99. The van der Waals surface area contributed by atoms with E-state index in [2.05, 4.69) is 32.0 Å². The number of allylic oxidation sites excluding steroid dienone is 2. The van der Waals surface area contributed by atoms with Crippen LogP contribution in [0.3, 0.4) is 0 Å². The molecule has 0 saturated heterocycles. The Kier molecular flexibility index (Phi) is 5.71. The molecular formula is C9H17NO. The van der Waals surface area contributed by atoms with Crippen molar-refractivity contribution in [3.05, 3.63) is 16.6 Å². The molecule has 0 amide bonds. The summed E-state index contributed by atoms with van der Waals surface area (Å²) >= 11 is 0. The van der Waals surface area contributed by atoms with Crippen molar-refractivity contribution < 1.29 is 0 Å². The van der Waals surface area contributed by atoms with Gasteiger partial charge in [-0.3, -0.25) is 0 Å². The third-order valence-corrected chi connectivity index (χ3v) is 1.80. The van der Waals surface area contributed by atoms with Crippen molar-refractivity contribution >= 4 is 0 Å². The number of nitrogens with zero attached hydrogens (tertiary/aromatic N) is 1. The molecule has 0 bridgehead atoms. The van der Waals surface area contributed by atoms with Crippen LogP contribution >= 0.6 is 0 Å². The van der Waals surface area contributed by atoms with Crippen LogP contribution in [0.1, 0.15) is 33.6 Å². The van der Waals surface area contributed by atoms with Crippen LogP contribution in [-0.4, -0.2) is 6.54 Å². The Morgan fingerprint density at radius 1 is 1.64 bits per heavy atom. The SMILES string of the molecule is CC/C(C)=C/C(C)CCN=O. The maximum absolute atomic E-state index is 9.79. The van der Waals surface area contributed by atoms with Gasteiger partial charge in [0.1, 0.15) is 0 Å². The predicted molar refractivity (Wildman–Crippen MR) is 48.5 cm³/mol. The predicted octanol–water partition coefficient (Wildman–Crippen LogP) is 3.14. The van der Waals surface area contributed by atoms with Crippen LogP contribution in [-0.2, 0) is 0 Å². The first-order valence-electron chi connectivity index (χ1n) is 4.17. The van der Waals surface area contributed by atoms with Crippen LogP contribution in [0, 0.1) is 10.8 Å². The van der Waals surface area contributed by atoms with Gasteiger partial charge >= 0.3 is 0 Å². The van der Waals surface area contributed by atoms with Gasteiger partial charge in [0.15, 0.2) is 0 Å². The van der Waals surface area contributed by atoms with Gasteiger partial charge in [-0.15, -0.1) is 0 Å². The largest absolute Gasteiger partial charge is 0.151 e. The highest BCUT2D eigenvalue weighted by atomic mass is 16.3. The molecule has 0 aliphatic carbocycles. The molecule has 64 valence electrons. The molecule has 0 heterocycles. The lowest BCUT2D eigenvalue weighted by Gasteiger charge is -2.03. The van der Waals surface area contributed by atoms with E-state index in [1.54, 1.807) is 0 Å². The molecule has 0 N–H and O–H groups in total. The van der Waals surface area contributed by atoms with Gasteiger partial charge in [0.2, 0.25) is 0 Å². The van der Waals surface area contributed by atoms with Gasteiger partial charge < -0.3 is 0 Å². The van der Waals surface area contributed by atoms with Gasteiger partial charge in [0.25, 0.3) is 0 Å². The fourth-order valence-electron chi connectivity index (χ4n) is 0.943. The summed E-state index contributed by atoms with van der Waals surface area (Å²) < 4.78 is 0. The number of hydrogen-bond donors (Lipinski definition) is 0. The van der Waals surface area contributed by atoms with E-state index in [1.807, 2.05) is 0 Å². The van der Waals surface area contributed by atoms with Crippen LogP contribution in [0.15, 0.2) is 16.8 Å². The number of nitroso groups, excluding NO2 is 1. The van der Waals surface area contributed by atoms with E-state index >= 15 is 0 Å². The summed E-state index contributed by atoms with van der Waals surface area (Å²) in [5, 5.41) is 2.83. The molecule has 0 saturated carbocycles. The van der Waals surface area contributed by atoms with Crippen LogP contribution in [0.4, 0.5) is 0 Å². The highest BCUT2D eigenvalue weighted by Crippen LogP contribution is 2.09. The maximum atomic E-state index is 9.79.